The molecule has 0 spiro atoms. The number of halogens is 6. The average Bonchev–Trinajstić information content (AvgIpc) is 1.99. The zero-order valence-electron chi connectivity index (χ0n) is 9.08. The number of hydrogen-bond acceptors (Lipinski definition) is 0. The number of hydrogen-bond donors (Lipinski definition) is 0. The molecule has 0 aliphatic rings. The Morgan fingerprint density at radius 1 is 0.812 bits per heavy atom. The number of rotatable bonds is 0. The Bertz CT molecular complexity index is 343. The van der Waals surface area contributed by atoms with Crippen LogP contribution in [0.4, 0.5) is 26.3 Å². The van der Waals surface area contributed by atoms with Gasteiger partial charge in [0.2, 0.25) is 0 Å². The molecule has 0 aliphatic carbocycles. The molecule has 0 bridgehead atoms. The molecule has 0 fully saturated rings. The number of benzene rings is 1. The molecule has 0 heterocycles. The third-order valence-corrected chi connectivity index (χ3v) is 1.61. The van der Waals surface area contributed by atoms with Gasteiger partial charge >= 0.3 is 31.2 Å². The molecule has 1 aromatic rings. The van der Waals surface area contributed by atoms with Crippen LogP contribution in [0.3, 0.4) is 0 Å². The SMILES string of the molecule is [B]c1cc(C(F)(F)F)cc(C(F)(F)F)c1.[H-].[Li+]. The Morgan fingerprint density at radius 2 is 1.12 bits per heavy atom. The maximum Gasteiger partial charge on any atom is 1.00 e. The summed E-state index contributed by atoms with van der Waals surface area (Å²) in [6.45, 7) is 0. The van der Waals surface area contributed by atoms with Gasteiger partial charge in [-0.05, 0) is 6.07 Å². The summed E-state index contributed by atoms with van der Waals surface area (Å²) in [6, 6.07) is 0.931. The minimum absolute atomic E-state index is 0. The van der Waals surface area contributed by atoms with E-state index >= 15 is 0 Å². The van der Waals surface area contributed by atoms with Crippen LogP contribution in [0.1, 0.15) is 12.6 Å². The van der Waals surface area contributed by atoms with Crippen LogP contribution in [0.5, 0.6) is 0 Å². The first-order valence-electron chi connectivity index (χ1n) is 3.65. The van der Waals surface area contributed by atoms with E-state index in [1.807, 2.05) is 0 Å². The third-order valence-electron chi connectivity index (χ3n) is 1.61. The summed E-state index contributed by atoms with van der Waals surface area (Å²) < 4.78 is 72.7. The van der Waals surface area contributed by atoms with Crippen LogP contribution in [-0.2, 0) is 12.4 Å². The van der Waals surface area contributed by atoms with Crippen molar-refractivity contribution in [2.24, 2.45) is 0 Å². The first-order chi connectivity index (χ1) is 6.60. The van der Waals surface area contributed by atoms with Gasteiger partial charge in [0.25, 0.3) is 0 Å². The quantitative estimate of drug-likeness (QED) is 0.423. The Balaban J connectivity index is 0. The standard InChI is InChI=1S/C8H3BF6.Li.H/c9-6-2-4(7(10,11)12)1-5(3-6)8(13,14)15;;/h1-3H;;/q;+1;-1. The Kier molecular flexibility index (Phi) is 4.60. The van der Waals surface area contributed by atoms with Crippen molar-refractivity contribution in [3.05, 3.63) is 29.3 Å². The first kappa shape index (κ1) is 15.5. The fraction of sp³-hybridized carbons (Fsp3) is 0.250. The van der Waals surface area contributed by atoms with E-state index in [2.05, 4.69) is 0 Å². The van der Waals surface area contributed by atoms with E-state index in [1.165, 1.54) is 0 Å². The minimum Gasteiger partial charge on any atom is -1.00 e. The monoisotopic (exact) mass is 232 g/mol. The predicted octanol–water partition coefficient (Wildman–Crippen LogP) is -0.366. The van der Waals surface area contributed by atoms with E-state index in [-0.39, 0.29) is 26.4 Å². The van der Waals surface area contributed by atoms with Gasteiger partial charge in [-0.2, -0.15) is 26.3 Å². The maximum absolute atomic E-state index is 12.1. The molecule has 1 aromatic carbocycles. The van der Waals surface area contributed by atoms with Crippen LogP contribution >= 0.6 is 0 Å². The Labute approximate surface area is 102 Å². The molecule has 16 heavy (non-hydrogen) atoms. The van der Waals surface area contributed by atoms with Crippen molar-refractivity contribution in [1.82, 2.24) is 0 Å². The van der Waals surface area contributed by atoms with Gasteiger partial charge in [-0.25, -0.2) is 0 Å². The summed E-state index contributed by atoms with van der Waals surface area (Å²) in [7, 11) is 4.95. The van der Waals surface area contributed by atoms with Gasteiger partial charge in [-0.1, -0.05) is 17.6 Å². The zero-order chi connectivity index (χ0) is 11.9. The molecule has 0 amide bonds. The smallest absolute Gasteiger partial charge is 1.00 e. The van der Waals surface area contributed by atoms with Gasteiger partial charge in [0.1, 0.15) is 7.85 Å². The molecule has 0 N–H and O–H groups in total. The van der Waals surface area contributed by atoms with Crippen LogP contribution in [0.25, 0.3) is 0 Å². The van der Waals surface area contributed by atoms with Gasteiger partial charge in [-0.3, -0.25) is 0 Å². The Morgan fingerprint density at radius 3 is 1.38 bits per heavy atom. The zero-order valence-corrected chi connectivity index (χ0v) is 8.08. The van der Waals surface area contributed by atoms with Crippen molar-refractivity contribution < 1.29 is 46.6 Å². The fourth-order valence-electron chi connectivity index (χ4n) is 0.979. The summed E-state index contributed by atoms with van der Waals surface area (Å²) in [6.07, 6.45) is -9.68. The van der Waals surface area contributed by atoms with E-state index < -0.39 is 28.9 Å². The molecule has 2 radical (unpaired) electrons. The van der Waals surface area contributed by atoms with Gasteiger partial charge in [-0.15, -0.1) is 0 Å². The molecule has 0 atom stereocenters. The van der Waals surface area contributed by atoms with Crippen molar-refractivity contribution >= 4 is 13.3 Å². The fourth-order valence-corrected chi connectivity index (χ4v) is 0.979. The van der Waals surface area contributed by atoms with Gasteiger partial charge in [0.05, 0.1) is 11.1 Å². The molecular formula is C8H4BF6Li. The first-order valence-corrected chi connectivity index (χ1v) is 3.65. The maximum atomic E-state index is 12.1. The second-order valence-electron chi connectivity index (χ2n) is 2.84. The molecule has 0 unspecified atom stereocenters. The van der Waals surface area contributed by atoms with Crippen molar-refractivity contribution in [2.75, 3.05) is 0 Å². The largest absolute Gasteiger partial charge is 1.00 e. The van der Waals surface area contributed by atoms with E-state index in [9.17, 15) is 26.3 Å². The molecular weight excluding hydrogens is 228 g/mol. The van der Waals surface area contributed by atoms with Gasteiger partial charge < -0.3 is 1.43 Å². The van der Waals surface area contributed by atoms with Crippen LogP contribution in [0, 0.1) is 0 Å². The molecule has 1 rings (SSSR count). The topological polar surface area (TPSA) is 0 Å². The molecule has 8 heteroatoms. The van der Waals surface area contributed by atoms with Crippen LogP contribution in [-0.4, -0.2) is 7.85 Å². The molecule has 0 nitrogen and oxygen atoms in total. The molecule has 0 saturated carbocycles. The summed E-state index contributed by atoms with van der Waals surface area (Å²) in [5.41, 5.74) is -3.39. The van der Waals surface area contributed by atoms with Crippen LogP contribution in [0.15, 0.2) is 18.2 Å². The van der Waals surface area contributed by atoms with Crippen molar-refractivity contribution in [1.29, 1.82) is 0 Å². The van der Waals surface area contributed by atoms with E-state index in [1.54, 1.807) is 0 Å². The summed E-state index contributed by atoms with van der Waals surface area (Å²) in [5.74, 6) is 0. The molecule has 0 saturated heterocycles. The van der Waals surface area contributed by atoms with Crippen molar-refractivity contribution in [3.8, 4) is 0 Å². The molecule has 0 aliphatic heterocycles. The summed E-state index contributed by atoms with van der Waals surface area (Å²) in [5, 5.41) is 0. The summed E-state index contributed by atoms with van der Waals surface area (Å²) in [4.78, 5) is 0. The number of alkyl halides is 6. The second-order valence-corrected chi connectivity index (χ2v) is 2.84. The third kappa shape index (κ3) is 3.80. The van der Waals surface area contributed by atoms with Crippen molar-refractivity contribution in [3.63, 3.8) is 0 Å². The van der Waals surface area contributed by atoms with E-state index in [4.69, 9.17) is 7.85 Å². The Hall–Kier alpha value is -0.538. The molecule has 82 valence electrons. The summed E-state index contributed by atoms with van der Waals surface area (Å²) >= 11 is 0. The second kappa shape index (κ2) is 4.76. The van der Waals surface area contributed by atoms with Crippen molar-refractivity contribution in [2.45, 2.75) is 12.4 Å². The van der Waals surface area contributed by atoms with Crippen LogP contribution < -0.4 is 24.3 Å². The average molecular weight is 232 g/mol. The predicted molar refractivity (Wildman–Crippen MR) is 42.9 cm³/mol. The van der Waals surface area contributed by atoms with Gasteiger partial charge in [0.15, 0.2) is 0 Å². The van der Waals surface area contributed by atoms with Gasteiger partial charge in [0, 0.05) is 0 Å². The minimum atomic E-state index is -4.84. The van der Waals surface area contributed by atoms with Crippen LogP contribution in [0.2, 0.25) is 0 Å². The van der Waals surface area contributed by atoms with E-state index in [0.717, 1.165) is 0 Å². The normalized spacial score (nSPS) is 12.1. The van der Waals surface area contributed by atoms with E-state index in [0.29, 0.717) is 12.1 Å². The molecule has 0 aromatic heterocycles.